The largest absolute Gasteiger partial charge is 0.467 e. The maximum absolute atomic E-state index is 11.5. The molecule has 0 saturated carbocycles. The van der Waals surface area contributed by atoms with Gasteiger partial charge in [-0.15, -0.1) is 0 Å². The third kappa shape index (κ3) is 9.29. The Kier molecular flexibility index (Phi) is 7.43. The zero-order valence-electron chi connectivity index (χ0n) is 11.6. The van der Waals surface area contributed by atoms with Crippen molar-refractivity contribution in [1.29, 1.82) is 0 Å². The van der Waals surface area contributed by atoms with Crippen molar-refractivity contribution in [1.82, 2.24) is 5.32 Å². The maximum atomic E-state index is 11.5. The minimum Gasteiger partial charge on any atom is -0.467 e. The molecule has 0 bridgehead atoms. The van der Waals surface area contributed by atoms with E-state index < -0.39 is 34.4 Å². The zero-order valence-corrected chi connectivity index (χ0v) is 12.5. The standard InChI is InChI=1S/C11H21NO6S/c1-11(2,3)18-10(14)12-8(9(13)17-4)6-5-7-19(15)16/h8,19H,5-7H2,1-4H3,(H,12,14)/t8-/m0/s1. The van der Waals surface area contributed by atoms with Crippen LogP contribution in [0, 0.1) is 0 Å². The van der Waals surface area contributed by atoms with Crippen molar-refractivity contribution in [2.75, 3.05) is 12.9 Å². The van der Waals surface area contributed by atoms with Crippen LogP contribution >= 0.6 is 0 Å². The van der Waals surface area contributed by atoms with Crippen LogP contribution in [0.1, 0.15) is 33.6 Å². The second-order valence-corrected chi connectivity index (χ2v) is 6.03. The zero-order chi connectivity index (χ0) is 15.1. The second-order valence-electron chi connectivity index (χ2n) is 4.92. The highest BCUT2D eigenvalue weighted by Gasteiger charge is 2.24. The molecule has 0 unspecified atom stereocenters. The van der Waals surface area contributed by atoms with Gasteiger partial charge in [-0.1, -0.05) is 0 Å². The molecule has 7 nitrogen and oxygen atoms in total. The summed E-state index contributed by atoms with van der Waals surface area (Å²) in [5, 5.41) is 2.37. The molecular formula is C11H21NO6S. The first-order valence-electron chi connectivity index (χ1n) is 5.85. The Morgan fingerprint density at radius 3 is 2.26 bits per heavy atom. The molecular weight excluding hydrogens is 274 g/mol. The van der Waals surface area contributed by atoms with E-state index in [9.17, 15) is 18.0 Å². The number of nitrogens with one attached hydrogen (secondary N) is 1. The summed E-state index contributed by atoms with van der Waals surface area (Å²) in [6.45, 7) is 5.09. The van der Waals surface area contributed by atoms with Gasteiger partial charge in [-0.2, -0.15) is 0 Å². The molecule has 112 valence electrons. The van der Waals surface area contributed by atoms with Gasteiger partial charge in [0.05, 0.1) is 7.11 Å². The van der Waals surface area contributed by atoms with Crippen molar-refractivity contribution in [3.63, 3.8) is 0 Å². The summed E-state index contributed by atoms with van der Waals surface area (Å²) < 4.78 is 30.4. The molecule has 0 aliphatic heterocycles. The van der Waals surface area contributed by atoms with E-state index in [-0.39, 0.29) is 18.6 Å². The monoisotopic (exact) mass is 295 g/mol. The number of rotatable bonds is 6. The Balaban J connectivity index is 4.43. The van der Waals surface area contributed by atoms with E-state index in [1.807, 2.05) is 0 Å². The summed E-state index contributed by atoms with van der Waals surface area (Å²) in [4.78, 5) is 23.0. The van der Waals surface area contributed by atoms with Gasteiger partial charge in [-0.25, -0.2) is 18.0 Å². The van der Waals surface area contributed by atoms with Crippen LogP contribution in [0.4, 0.5) is 4.79 Å². The van der Waals surface area contributed by atoms with Crippen molar-refractivity contribution in [2.45, 2.75) is 45.3 Å². The highest BCUT2D eigenvalue weighted by atomic mass is 32.2. The van der Waals surface area contributed by atoms with Gasteiger partial charge in [0.2, 0.25) is 0 Å². The highest BCUT2D eigenvalue weighted by Crippen LogP contribution is 2.08. The number of ether oxygens (including phenoxy) is 2. The minimum atomic E-state index is -2.49. The number of thiol groups is 1. The van der Waals surface area contributed by atoms with Crippen molar-refractivity contribution < 1.29 is 27.5 Å². The molecule has 1 atom stereocenters. The predicted molar refractivity (Wildman–Crippen MR) is 69.6 cm³/mol. The Labute approximate surface area is 114 Å². The quantitative estimate of drug-likeness (QED) is 0.545. The summed E-state index contributed by atoms with van der Waals surface area (Å²) >= 11 is 0. The average molecular weight is 295 g/mol. The molecule has 0 heterocycles. The number of carbonyl (C=O) groups excluding carboxylic acids is 2. The lowest BCUT2D eigenvalue weighted by Gasteiger charge is -2.22. The van der Waals surface area contributed by atoms with Gasteiger partial charge in [0.25, 0.3) is 0 Å². The Hall–Kier alpha value is -1.31. The summed E-state index contributed by atoms with van der Waals surface area (Å²) in [6.07, 6.45) is -0.307. The molecule has 1 amide bonds. The lowest BCUT2D eigenvalue weighted by atomic mass is 10.1. The SMILES string of the molecule is COC(=O)[C@H](CCC[SH](=O)=O)NC(=O)OC(C)(C)C. The Morgan fingerprint density at radius 2 is 1.84 bits per heavy atom. The lowest BCUT2D eigenvalue weighted by Crippen LogP contribution is -2.44. The average Bonchev–Trinajstić information content (AvgIpc) is 2.23. The molecule has 0 spiro atoms. The van der Waals surface area contributed by atoms with Crippen molar-refractivity contribution >= 4 is 22.8 Å². The first-order chi connectivity index (χ1) is 8.65. The van der Waals surface area contributed by atoms with Gasteiger partial charge in [-0.05, 0) is 33.6 Å². The van der Waals surface area contributed by atoms with Crippen LogP contribution in [-0.4, -0.2) is 45.0 Å². The van der Waals surface area contributed by atoms with E-state index in [4.69, 9.17) is 4.74 Å². The van der Waals surface area contributed by atoms with Crippen molar-refractivity contribution in [3.8, 4) is 0 Å². The number of methoxy groups -OCH3 is 1. The third-order valence-electron chi connectivity index (χ3n) is 2.01. The minimum absolute atomic E-state index is 0.0428. The number of hydrogen-bond donors (Lipinski definition) is 2. The smallest absolute Gasteiger partial charge is 0.408 e. The number of hydrogen-bond acceptors (Lipinski definition) is 6. The number of esters is 1. The molecule has 19 heavy (non-hydrogen) atoms. The number of carbonyl (C=O) groups is 2. The van der Waals surface area contributed by atoms with Crippen LogP contribution in [0.5, 0.6) is 0 Å². The Morgan fingerprint density at radius 1 is 1.26 bits per heavy atom. The molecule has 0 aromatic heterocycles. The van der Waals surface area contributed by atoms with Gasteiger partial charge in [-0.3, -0.25) is 0 Å². The van der Waals surface area contributed by atoms with Gasteiger partial charge in [0.1, 0.15) is 22.3 Å². The van der Waals surface area contributed by atoms with Crippen LogP contribution in [-0.2, 0) is 25.0 Å². The summed E-state index contributed by atoms with van der Waals surface area (Å²) in [5.41, 5.74) is -0.677. The van der Waals surface area contributed by atoms with E-state index >= 15 is 0 Å². The van der Waals surface area contributed by atoms with Crippen molar-refractivity contribution in [2.24, 2.45) is 0 Å². The normalized spacial score (nSPS) is 12.9. The molecule has 8 heteroatoms. The molecule has 1 N–H and O–H groups in total. The summed E-state index contributed by atoms with van der Waals surface area (Å²) in [5.74, 6) is -0.675. The van der Waals surface area contributed by atoms with Gasteiger partial charge < -0.3 is 14.8 Å². The molecule has 0 aromatic rings. The fraction of sp³-hybridized carbons (Fsp3) is 0.818. The van der Waals surface area contributed by atoms with Gasteiger partial charge in [0.15, 0.2) is 0 Å². The second kappa shape index (κ2) is 7.98. The van der Waals surface area contributed by atoms with Gasteiger partial charge in [0, 0.05) is 5.75 Å². The van der Waals surface area contributed by atoms with E-state index in [1.54, 1.807) is 20.8 Å². The first kappa shape index (κ1) is 17.7. The van der Waals surface area contributed by atoms with Crippen LogP contribution in [0.25, 0.3) is 0 Å². The molecule has 0 aliphatic carbocycles. The topological polar surface area (TPSA) is 98.8 Å². The fourth-order valence-corrected chi connectivity index (χ4v) is 1.71. The maximum Gasteiger partial charge on any atom is 0.408 e. The molecule has 0 saturated heterocycles. The first-order valence-corrected chi connectivity index (χ1v) is 7.21. The van der Waals surface area contributed by atoms with E-state index in [0.29, 0.717) is 0 Å². The van der Waals surface area contributed by atoms with Crippen molar-refractivity contribution in [3.05, 3.63) is 0 Å². The van der Waals surface area contributed by atoms with Gasteiger partial charge >= 0.3 is 12.1 Å². The molecule has 0 radical (unpaired) electrons. The van der Waals surface area contributed by atoms with Crippen LogP contribution in [0.15, 0.2) is 0 Å². The number of alkyl carbamates (subject to hydrolysis) is 1. The van der Waals surface area contributed by atoms with Crippen LogP contribution in [0.2, 0.25) is 0 Å². The molecule has 0 aromatic carbocycles. The number of amides is 1. The van der Waals surface area contributed by atoms with E-state index in [0.717, 1.165) is 0 Å². The molecule has 0 rings (SSSR count). The van der Waals surface area contributed by atoms with E-state index in [1.165, 1.54) is 7.11 Å². The Bertz CT molecular complexity index is 377. The molecule has 0 aliphatic rings. The lowest BCUT2D eigenvalue weighted by molar-refractivity contribution is -0.143. The van der Waals surface area contributed by atoms with Crippen LogP contribution in [0.3, 0.4) is 0 Å². The molecule has 0 fully saturated rings. The predicted octanol–water partition coefficient (Wildman–Crippen LogP) is 0.444. The third-order valence-corrected chi connectivity index (χ3v) is 2.69. The van der Waals surface area contributed by atoms with E-state index in [2.05, 4.69) is 10.1 Å². The summed E-state index contributed by atoms with van der Waals surface area (Å²) in [6, 6.07) is -0.908. The highest BCUT2D eigenvalue weighted by molar-refractivity contribution is 7.72. The fourth-order valence-electron chi connectivity index (χ4n) is 1.27. The van der Waals surface area contributed by atoms with Crippen LogP contribution < -0.4 is 5.32 Å². The summed E-state index contributed by atoms with van der Waals surface area (Å²) in [7, 11) is -1.30.